The molecule has 1 saturated carbocycles. The molecular weight excluding hydrogens is 302 g/mol. The SMILES string of the molecule is CO[C@@]1(c2cc(C(N)=O)ccn2)[C@@H]2CCC[C@H]1CN(C)C2.Cl. The summed E-state index contributed by atoms with van der Waals surface area (Å²) < 4.78 is 6.07. The van der Waals surface area contributed by atoms with Crippen molar-refractivity contribution in [1.29, 1.82) is 0 Å². The van der Waals surface area contributed by atoms with Gasteiger partial charge in [0.1, 0.15) is 5.60 Å². The minimum atomic E-state index is -0.414. The molecule has 2 bridgehead atoms. The minimum Gasteiger partial charge on any atom is -0.371 e. The highest BCUT2D eigenvalue weighted by Gasteiger charge is 2.53. The van der Waals surface area contributed by atoms with Crippen molar-refractivity contribution in [2.45, 2.75) is 24.9 Å². The molecule has 22 heavy (non-hydrogen) atoms. The number of nitrogens with zero attached hydrogens (tertiary/aromatic N) is 2. The third kappa shape index (κ3) is 2.62. The van der Waals surface area contributed by atoms with E-state index in [0.29, 0.717) is 17.4 Å². The molecule has 0 aromatic carbocycles. The molecule has 3 atom stereocenters. The number of ether oxygens (including phenoxy) is 1. The molecule has 1 aromatic heterocycles. The van der Waals surface area contributed by atoms with Gasteiger partial charge in [0.2, 0.25) is 5.91 Å². The second-order valence-electron chi connectivity index (χ2n) is 6.34. The lowest BCUT2D eigenvalue weighted by molar-refractivity contribution is -0.168. The van der Waals surface area contributed by atoms with Gasteiger partial charge in [-0.1, -0.05) is 6.42 Å². The Hall–Kier alpha value is -1.17. The smallest absolute Gasteiger partial charge is 0.248 e. The molecule has 2 aliphatic rings. The van der Waals surface area contributed by atoms with E-state index in [-0.39, 0.29) is 18.0 Å². The van der Waals surface area contributed by atoms with Gasteiger partial charge in [0.05, 0.1) is 5.69 Å². The maximum Gasteiger partial charge on any atom is 0.248 e. The Morgan fingerprint density at radius 3 is 2.59 bits per heavy atom. The lowest BCUT2D eigenvalue weighted by Gasteiger charge is -2.54. The summed E-state index contributed by atoms with van der Waals surface area (Å²) in [6, 6.07) is 3.49. The van der Waals surface area contributed by atoms with Crippen LogP contribution in [0.3, 0.4) is 0 Å². The monoisotopic (exact) mass is 325 g/mol. The summed E-state index contributed by atoms with van der Waals surface area (Å²) in [5, 5.41) is 0. The second kappa shape index (κ2) is 6.52. The van der Waals surface area contributed by atoms with Crippen molar-refractivity contribution >= 4 is 18.3 Å². The largest absolute Gasteiger partial charge is 0.371 e. The first-order chi connectivity index (χ1) is 10.1. The fourth-order valence-electron chi connectivity index (χ4n) is 4.31. The Labute approximate surface area is 137 Å². The number of carbonyl (C=O) groups excluding carboxylic acids is 1. The van der Waals surface area contributed by atoms with Crippen molar-refractivity contribution in [3.63, 3.8) is 0 Å². The van der Waals surface area contributed by atoms with E-state index in [9.17, 15) is 4.79 Å². The molecule has 1 saturated heterocycles. The Morgan fingerprint density at radius 2 is 2.05 bits per heavy atom. The number of piperidine rings is 1. The number of hydrogen-bond acceptors (Lipinski definition) is 4. The number of carbonyl (C=O) groups is 1. The van der Waals surface area contributed by atoms with Crippen LogP contribution in [0, 0.1) is 11.8 Å². The Morgan fingerprint density at radius 1 is 1.41 bits per heavy atom. The van der Waals surface area contributed by atoms with Crippen LogP contribution in [-0.4, -0.2) is 43.0 Å². The first kappa shape index (κ1) is 17.2. The standard InChI is InChI=1S/C16H23N3O2.ClH/c1-19-9-12-4-3-5-13(10-19)16(12,21-2)14-8-11(15(17)20)6-7-18-14;/h6-8,12-13H,3-5,9-10H2,1-2H3,(H2,17,20);1H/t12-,13+,16+;. The number of nitrogens with two attached hydrogens (primary N) is 1. The van der Waals surface area contributed by atoms with Gasteiger partial charge in [-0.05, 0) is 32.0 Å². The van der Waals surface area contributed by atoms with Gasteiger partial charge in [0, 0.05) is 43.8 Å². The van der Waals surface area contributed by atoms with Gasteiger partial charge < -0.3 is 15.4 Å². The van der Waals surface area contributed by atoms with Gasteiger partial charge in [0.15, 0.2) is 0 Å². The summed E-state index contributed by atoms with van der Waals surface area (Å²) in [6.45, 7) is 2.01. The van der Waals surface area contributed by atoms with E-state index in [4.69, 9.17) is 10.5 Å². The lowest BCUT2D eigenvalue weighted by atomic mass is 9.63. The molecule has 2 heterocycles. The quantitative estimate of drug-likeness (QED) is 0.920. The Balaban J connectivity index is 0.00000176. The van der Waals surface area contributed by atoms with E-state index in [1.165, 1.54) is 6.42 Å². The van der Waals surface area contributed by atoms with E-state index in [1.54, 1.807) is 19.4 Å². The molecule has 1 aliphatic heterocycles. The highest BCUT2D eigenvalue weighted by Crippen LogP contribution is 2.50. The molecule has 3 rings (SSSR count). The normalized spacial score (nSPS) is 31.4. The molecule has 1 amide bonds. The van der Waals surface area contributed by atoms with Crippen molar-refractivity contribution in [3.05, 3.63) is 29.6 Å². The molecule has 1 aromatic rings. The number of fused-ring (bicyclic) bond motifs is 2. The number of rotatable bonds is 3. The highest BCUT2D eigenvalue weighted by atomic mass is 35.5. The summed E-state index contributed by atoms with van der Waals surface area (Å²) in [4.78, 5) is 18.4. The van der Waals surface area contributed by atoms with Crippen LogP contribution in [0.2, 0.25) is 0 Å². The lowest BCUT2D eigenvalue weighted by Crippen LogP contribution is -2.58. The predicted molar refractivity (Wildman–Crippen MR) is 87.0 cm³/mol. The average Bonchev–Trinajstić information content (AvgIpc) is 2.46. The number of aromatic nitrogens is 1. The summed E-state index contributed by atoms with van der Waals surface area (Å²) in [6.07, 6.45) is 5.18. The molecule has 2 N–H and O–H groups in total. The van der Waals surface area contributed by atoms with Gasteiger partial charge in [0.25, 0.3) is 0 Å². The van der Waals surface area contributed by atoms with Crippen molar-refractivity contribution < 1.29 is 9.53 Å². The maximum atomic E-state index is 11.5. The van der Waals surface area contributed by atoms with E-state index >= 15 is 0 Å². The number of amides is 1. The van der Waals surface area contributed by atoms with Gasteiger partial charge in [-0.2, -0.15) is 0 Å². The van der Waals surface area contributed by atoms with Crippen LogP contribution in [0.5, 0.6) is 0 Å². The fourth-order valence-corrected chi connectivity index (χ4v) is 4.31. The van der Waals surface area contributed by atoms with Crippen LogP contribution in [-0.2, 0) is 10.3 Å². The number of primary amides is 1. The van der Waals surface area contributed by atoms with Crippen LogP contribution in [0.25, 0.3) is 0 Å². The molecule has 6 heteroatoms. The molecule has 0 radical (unpaired) electrons. The van der Waals surface area contributed by atoms with Crippen LogP contribution >= 0.6 is 12.4 Å². The molecular formula is C16H24ClN3O2. The number of likely N-dealkylation sites (tertiary alicyclic amines) is 1. The number of methoxy groups -OCH3 is 1. The van der Waals surface area contributed by atoms with Crippen LogP contribution in [0.4, 0.5) is 0 Å². The molecule has 1 aliphatic carbocycles. The van der Waals surface area contributed by atoms with Gasteiger partial charge in [-0.25, -0.2) is 0 Å². The van der Waals surface area contributed by atoms with E-state index in [1.807, 2.05) is 6.07 Å². The first-order valence-corrected chi connectivity index (χ1v) is 7.58. The van der Waals surface area contributed by atoms with Gasteiger partial charge in [-0.3, -0.25) is 9.78 Å². The summed E-state index contributed by atoms with van der Waals surface area (Å²) in [5.41, 5.74) is 6.41. The third-order valence-corrected chi connectivity index (χ3v) is 5.16. The Kier molecular flexibility index (Phi) is 5.10. The van der Waals surface area contributed by atoms with Crippen molar-refractivity contribution in [1.82, 2.24) is 9.88 Å². The molecule has 122 valence electrons. The zero-order valence-corrected chi connectivity index (χ0v) is 13.9. The van der Waals surface area contributed by atoms with E-state index in [2.05, 4.69) is 16.9 Å². The summed E-state index contributed by atoms with van der Waals surface area (Å²) >= 11 is 0. The van der Waals surface area contributed by atoms with Crippen LogP contribution in [0.15, 0.2) is 18.3 Å². The van der Waals surface area contributed by atoms with Crippen molar-refractivity contribution in [3.8, 4) is 0 Å². The van der Waals surface area contributed by atoms with Crippen molar-refractivity contribution in [2.24, 2.45) is 17.6 Å². The molecule has 5 nitrogen and oxygen atoms in total. The zero-order valence-electron chi connectivity index (χ0n) is 13.1. The van der Waals surface area contributed by atoms with Crippen LogP contribution < -0.4 is 5.73 Å². The number of hydrogen-bond donors (Lipinski definition) is 1. The number of halogens is 1. The Bertz CT molecular complexity index is 538. The average molecular weight is 326 g/mol. The topological polar surface area (TPSA) is 68.5 Å². The zero-order chi connectivity index (χ0) is 15.0. The maximum absolute atomic E-state index is 11.5. The number of pyridine rings is 1. The van der Waals surface area contributed by atoms with E-state index in [0.717, 1.165) is 31.6 Å². The summed E-state index contributed by atoms with van der Waals surface area (Å²) in [5.74, 6) is 0.411. The van der Waals surface area contributed by atoms with E-state index < -0.39 is 5.91 Å². The van der Waals surface area contributed by atoms with Gasteiger partial charge >= 0.3 is 0 Å². The third-order valence-electron chi connectivity index (χ3n) is 5.16. The summed E-state index contributed by atoms with van der Waals surface area (Å²) in [7, 11) is 3.94. The first-order valence-electron chi connectivity index (χ1n) is 7.58. The molecule has 0 unspecified atom stereocenters. The fraction of sp³-hybridized carbons (Fsp3) is 0.625. The predicted octanol–water partition coefficient (Wildman–Crippen LogP) is 1.81. The van der Waals surface area contributed by atoms with Gasteiger partial charge in [-0.15, -0.1) is 12.4 Å². The minimum absolute atomic E-state index is 0. The van der Waals surface area contributed by atoms with Crippen LogP contribution in [0.1, 0.15) is 35.3 Å². The molecule has 0 spiro atoms. The molecule has 2 fully saturated rings. The second-order valence-corrected chi connectivity index (χ2v) is 6.34. The highest BCUT2D eigenvalue weighted by molar-refractivity contribution is 5.92. The van der Waals surface area contributed by atoms with Crippen molar-refractivity contribution in [2.75, 3.05) is 27.2 Å².